The third-order valence-electron chi connectivity index (χ3n) is 6.64. The van der Waals surface area contributed by atoms with Crippen LogP contribution in [-0.2, 0) is 26.0 Å². The Morgan fingerprint density at radius 1 is 0.875 bits per heavy atom. The predicted octanol–water partition coefficient (Wildman–Crippen LogP) is 5.26. The van der Waals surface area contributed by atoms with Crippen molar-refractivity contribution in [2.24, 2.45) is 0 Å². The predicted molar refractivity (Wildman–Crippen MR) is 161 cm³/mol. The molecule has 3 aromatic rings. The number of hydrogen-bond donors (Lipinski definition) is 1. The number of carbonyl (C=O) groups is 2. The average Bonchev–Trinajstić information content (AvgIpc) is 2.89. The highest BCUT2D eigenvalue weighted by molar-refractivity contribution is 7.92. The van der Waals surface area contributed by atoms with Gasteiger partial charge < -0.3 is 10.2 Å². The summed E-state index contributed by atoms with van der Waals surface area (Å²) in [6.45, 7) is 11.1. The number of benzene rings is 3. The van der Waals surface area contributed by atoms with E-state index in [9.17, 15) is 18.0 Å². The maximum atomic E-state index is 14.1. The number of nitrogens with zero attached hydrogens (tertiary/aromatic N) is 2. The van der Waals surface area contributed by atoms with Crippen LogP contribution in [0.5, 0.6) is 0 Å². The molecule has 1 atom stereocenters. The molecule has 40 heavy (non-hydrogen) atoms. The SMILES string of the molecule is CC[C@@H](C(=O)NC(C)(C)C)N(CCc1ccccc1)C(=O)CN(c1ccccc1C)S(=O)(=O)c1ccc(C)cc1. The normalized spacial score (nSPS) is 12.4. The second-order valence-corrected chi connectivity index (χ2v) is 13.0. The van der Waals surface area contributed by atoms with Crippen molar-refractivity contribution in [2.75, 3.05) is 17.4 Å². The van der Waals surface area contributed by atoms with Crippen LogP contribution in [0.2, 0.25) is 0 Å². The zero-order valence-electron chi connectivity index (χ0n) is 24.3. The van der Waals surface area contributed by atoms with Crippen molar-refractivity contribution in [2.45, 2.75) is 70.9 Å². The number of nitrogens with one attached hydrogen (secondary N) is 1. The fourth-order valence-electron chi connectivity index (χ4n) is 4.54. The lowest BCUT2D eigenvalue weighted by molar-refractivity contribution is -0.140. The minimum atomic E-state index is -4.09. The van der Waals surface area contributed by atoms with E-state index in [1.807, 2.05) is 84.0 Å². The number of carbonyl (C=O) groups excluding carboxylic acids is 2. The summed E-state index contributed by atoms with van der Waals surface area (Å²) in [7, 11) is -4.09. The number of rotatable bonds is 11. The average molecular weight is 564 g/mol. The summed E-state index contributed by atoms with van der Waals surface area (Å²) >= 11 is 0. The Bertz CT molecular complexity index is 1400. The van der Waals surface area contributed by atoms with Crippen LogP contribution < -0.4 is 9.62 Å². The monoisotopic (exact) mass is 563 g/mol. The third kappa shape index (κ3) is 7.94. The maximum Gasteiger partial charge on any atom is 0.264 e. The van der Waals surface area contributed by atoms with E-state index in [0.29, 0.717) is 18.5 Å². The molecule has 0 aromatic heterocycles. The van der Waals surface area contributed by atoms with Crippen LogP contribution in [0.25, 0.3) is 0 Å². The van der Waals surface area contributed by atoms with E-state index < -0.39 is 34.1 Å². The first-order valence-corrected chi connectivity index (χ1v) is 15.1. The standard InChI is InChI=1S/C32H41N3O4S/c1-7-28(31(37)33-32(4,5)6)34(22-21-26-14-9-8-10-15-26)30(36)23-35(29-16-12-11-13-25(29)3)40(38,39)27-19-17-24(2)18-20-27/h8-20,28H,7,21-23H2,1-6H3,(H,33,37)/t28-/m0/s1. The van der Waals surface area contributed by atoms with Gasteiger partial charge in [-0.05, 0) is 76.8 Å². The van der Waals surface area contributed by atoms with Gasteiger partial charge in [-0.15, -0.1) is 0 Å². The summed E-state index contributed by atoms with van der Waals surface area (Å²) < 4.78 is 29.1. The lowest BCUT2D eigenvalue weighted by Gasteiger charge is -2.35. The Morgan fingerprint density at radius 3 is 2.05 bits per heavy atom. The van der Waals surface area contributed by atoms with E-state index in [0.717, 1.165) is 16.7 Å². The van der Waals surface area contributed by atoms with Gasteiger partial charge in [-0.25, -0.2) is 8.42 Å². The first kappa shape index (κ1) is 30.9. The maximum absolute atomic E-state index is 14.1. The van der Waals surface area contributed by atoms with Crippen LogP contribution in [0, 0.1) is 13.8 Å². The summed E-state index contributed by atoms with van der Waals surface area (Å²) in [5.41, 5.74) is 2.61. The molecule has 0 saturated carbocycles. The molecule has 0 aliphatic heterocycles. The zero-order chi connectivity index (χ0) is 29.5. The van der Waals surface area contributed by atoms with Gasteiger partial charge in [-0.3, -0.25) is 13.9 Å². The molecule has 214 valence electrons. The van der Waals surface area contributed by atoms with Crippen LogP contribution >= 0.6 is 0 Å². The Kier molecular flexibility index (Phi) is 10.1. The summed E-state index contributed by atoms with van der Waals surface area (Å²) in [5.74, 6) is -0.703. The van der Waals surface area contributed by atoms with Gasteiger partial charge in [0, 0.05) is 12.1 Å². The molecule has 0 aliphatic carbocycles. The largest absolute Gasteiger partial charge is 0.350 e. The first-order chi connectivity index (χ1) is 18.8. The molecule has 3 aromatic carbocycles. The van der Waals surface area contributed by atoms with Crippen molar-refractivity contribution in [3.8, 4) is 0 Å². The van der Waals surface area contributed by atoms with Crippen molar-refractivity contribution in [1.82, 2.24) is 10.2 Å². The molecular weight excluding hydrogens is 522 g/mol. The van der Waals surface area contributed by atoms with E-state index in [2.05, 4.69) is 5.32 Å². The lowest BCUT2D eigenvalue weighted by Crippen LogP contribution is -2.56. The van der Waals surface area contributed by atoms with Crippen molar-refractivity contribution in [3.63, 3.8) is 0 Å². The highest BCUT2D eigenvalue weighted by Gasteiger charge is 2.34. The van der Waals surface area contributed by atoms with Crippen LogP contribution in [-0.4, -0.2) is 49.8 Å². The third-order valence-corrected chi connectivity index (χ3v) is 8.41. The minimum absolute atomic E-state index is 0.0995. The lowest BCUT2D eigenvalue weighted by atomic mass is 10.1. The number of amides is 2. The molecule has 8 heteroatoms. The van der Waals surface area contributed by atoms with Crippen LogP contribution in [0.15, 0.2) is 83.8 Å². The summed E-state index contributed by atoms with van der Waals surface area (Å²) in [6.07, 6.45) is 0.915. The molecule has 3 rings (SSSR count). The van der Waals surface area contributed by atoms with Crippen LogP contribution in [0.1, 0.15) is 50.8 Å². The molecule has 0 radical (unpaired) electrons. The van der Waals surface area contributed by atoms with Crippen molar-refractivity contribution in [1.29, 1.82) is 0 Å². The van der Waals surface area contributed by atoms with Gasteiger partial charge in [0.05, 0.1) is 10.6 Å². The molecule has 0 bridgehead atoms. The fraction of sp³-hybridized carbons (Fsp3) is 0.375. The number of hydrogen-bond acceptors (Lipinski definition) is 4. The molecule has 0 fully saturated rings. The summed E-state index contributed by atoms with van der Waals surface area (Å²) in [4.78, 5) is 29.1. The molecular formula is C32H41N3O4S. The molecule has 0 saturated heterocycles. The minimum Gasteiger partial charge on any atom is -0.350 e. The van der Waals surface area contributed by atoms with Gasteiger partial charge in [0.2, 0.25) is 11.8 Å². The van der Waals surface area contributed by atoms with E-state index in [4.69, 9.17) is 0 Å². The molecule has 2 amide bonds. The zero-order valence-corrected chi connectivity index (χ0v) is 25.2. The first-order valence-electron chi connectivity index (χ1n) is 13.6. The Balaban J connectivity index is 2.03. The van der Waals surface area contributed by atoms with Crippen molar-refractivity contribution in [3.05, 3.63) is 95.6 Å². The number of anilines is 1. The Morgan fingerprint density at radius 2 is 1.48 bits per heavy atom. The van der Waals surface area contributed by atoms with Gasteiger partial charge in [-0.2, -0.15) is 0 Å². The number of para-hydroxylation sites is 1. The van der Waals surface area contributed by atoms with Crippen molar-refractivity contribution >= 4 is 27.5 Å². The Labute approximate surface area is 239 Å². The van der Waals surface area contributed by atoms with Gasteiger partial charge >= 0.3 is 0 Å². The highest BCUT2D eigenvalue weighted by atomic mass is 32.2. The van der Waals surface area contributed by atoms with Gasteiger partial charge in [-0.1, -0.05) is 73.2 Å². The van der Waals surface area contributed by atoms with Gasteiger partial charge in [0.15, 0.2) is 0 Å². The van der Waals surface area contributed by atoms with E-state index >= 15 is 0 Å². The molecule has 7 nitrogen and oxygen atoms in total. The van der Waals surface area contributed by atoms with Gasteiger partial charge in [0.25, 0.3) is 10.0 Å². The molecule has 0 aliphatic rings. The van der Waals surface area contributed by atoms with E-state index in [1.165, 1.54) is 9.21 Å². The topological polar surface area (TPSA) is 86.8 Å². The highest BCUT2D eigenvalue weighted by Crippen LogP contribution is 2.27. The molecule has 1 N–H and O–H groups in total. The Hall–Kier alpha value is -3.65. The second kappa shape index (κ2) is 13.1. The van der Waals surface area contributed by atoms with Gasteiger partial charge in [0.1, 0.15) is 12.6 Å². The second-order valence-electron chi connectivity index (χ2n) is 11.1. The summed E-state index contributed by atoms with van der Waals surface area (Å²) in [5, 5.41) is 2.99. The number of aryl methyl sites for hydroxylation is 2. The quantitative estimate of drug-likeness (QED) is 0.345. The molecule has 0 heterocycles. The smallest absolute Gasteiger partial charge is 0.264 e. The molecule has 0 unspecified atom stereocenters. The van der Waals surface area contributed by atoms with E-state index in [-0.39, 0.29) is 17.3 Å². The molecule has 0 spiro atoms. The van der Waals surface area contributed by atoms with Crippen molar-refractivity contribution < 1.29 is 18.0 Å². The van der Waals surface area contributed by atoms with E-state index in [1.54, 1.807) is 36.4 Å². The summed E-state index contributed by atoms with van der Waals surface area (Å²) in [6, 6.07) is 22.7. The fourth-order valence-corrected chi connectivity index (χ4v) is 6.02. The van der Waals surface area contributed by atoms with Crippen LogP contribution in [0.3, 0.4) is 0 Å². The number of sulfonamides is 1. The van der Waals surface area contributed by atoms with Crippen LogP contribution in [0.4, 0.5) is 5.69 Å².